The first-order valence-corrected chi connectivity index (χ1v) is 6.25. The molecule has 1 aliphatic heterocycles. The SMILES string of the molecule is CC1(C(=O)O)CCN(Cc2cccc(C(N)=O)c2)C1. The molecule has 1 amide bonds. The molecule has 1 aromatic rings. The van der Waals surface area contributed by atoms with Gasteiger partial charge in [0.15, 0.2) is 0 Å². The summed E-state index contributed by atoms with van der Waals surface area (Å²) >= 11 is 0. The Labute approximate surface area is 112 Å². The van der Waals surface area contributed by atoms with Crippen molar-refractivity contribution < 1.29 is 14.7 Å². The molecular formula is C14H18N2O3. The molecule has 0 radical (unpaired) electrons. The second kappa shape index (κ2) is 5.01. The summed E-state index contributed by atoms with van der Waals surface area (Å²) in [6.07, 6.45) is 0.651. The van der Waals surface area contributed by atoms with Crippen LogP contribution in [0.15, 0.2) is 24.3 Å². The highest BCUT2D eigenvalue weighted by Gasteiger charge is 2.40. The highest BCUT2D eigenvalue weighted by Crippen LogP contribution is 2.30. The first kappa shape index (κ1) is 13.5. The van der Waals surface area contributed by atoms with Gasteiger partial charge in [-0.25, -0.2) is 0 Å². The average molecular weight is 262 g/mol. The maximum Gasteiger partial charge on any atom is 0.310 e. The number of amides is 1. The monoisotopic (exact) mass is 262 g/mol. The van der Waals surface area contributed by atoms with Crippen LogP contribution in [0.3, 0.4) is 0 Å². The molecule has 5 heteroatoms. The lowest BCUT2D eigenvalue weighted by molar-refractivity contribution is -0.147. The fraction of sp³-hybridized carbons (Fsp3) is 0.429. The van der Waals surface area contributed by atoms with Crippen LogP contribution in [-0.2, 0) is 11.3 Å². The summed E-state index contributed by atoms with van der Waals surface area (Å²) in [5, 5.41) is 9.19. The molecule has 1 aliphatic rings. The molecular weight excluding hydrogens is 244 g/mol. The van der Waals surface area contributed by atoms with Gasteiger partial charge in [0.05, 0.1) is 5.41 Å². The van der Waals surface area contributed by atoms with Crippen molar-refractivity contribution in [1.82, 2.24) is 4.90 Å². The van der Waals surface area contributed by atoms with Crippen molar-refractivity contribution in [2.75, 3.05) is 13.1 Å². The molecule has 2 rings (SSSR count). The summed E-state index contributed by atoms with van der Waals surface area (Å²) < 4.78 is 0. The first-order chi connectivity index (χ1) is 8.90. The van der Waals surface area contributed by atoms with E-state index in [-0.39, 0.29) is 0 Å². The minimum absolute atomic E-state index is 0.446. The lowest BCUT2D eigenvalue weighted by atomic mass is 9.90. The normalized spacial score (nSPS) is 23.4. The van der Waals surface area contributed by atoms with E-state index in [1.807, 2.05) is 6.07 Å². The number of carboxylic acid groups (broad SMARTS) is 1. The van der Waals surface area contributed by atoms with Crippen molar-refractivity contribution in [3.63, 3.8) is 0 Å². The number of carbonyl (C=O) groups excluding carboxylic acids is 1. The Morgan fingerprint density at radius 1 is 1.47 bits per heavy atom. The number of hydrogen-bond acceptors (Lipinski definition) is 3. The van der Waals surface area contributed by atoms with Gasteiger partial charge in [-0.1, -0.05) is 12.1 Å². The van der Waals surface area contributed by atoms with Crippen LogP contribution in [0.5, 0.6) is 0 Å². The Hall–Kier alpha value is -1.88. The van der Waals surface area contributed by atoms with Crippen LogP contribution in [0, 0.1) is 5.41 Å². The number of benzene rings is 1. The van der Waals surface area contributed by atoms with Crippen molar-refractivity contribution in [2.45, 2.75) is 19.9 Å². The van der Waals surface area contributed by atoms with Gasteiger partial charge in [0, 0.05) is 18.7 Å². The van der Waals surface area contributed by atoms with Gasteiger partial charge < -0.3 is 10.8 Å². The molecule has 0 aromatic heterocycles. The van der Waals surface area contributed by atoms with Gasteiger partial charge in [-0.15, -0.1) is 0 Å². The molecule has 19 heavy (non-hydrogen) atoms. The molecule has 0 spiro atoms. The van der Waals surface area contributed by atoms with Crippen molar-refractivity contribution in [3.8, 4) is 0 Å². The van der Waals surface area contributed by atoms with Gasteiger partial charge >= 0.3 is 5.97 Å². The molecule has 1 heterocycles. The van der Waals surface area contributed by atoms with E-state index < -0.39 is 17.3 Å². The summed E-state index contributed by atoms with van der Waals surface area (Å²) in [7, 11) is 0. The van der Waals surface area contributed by atoms with Gasteiger partial charge in [-0.05, 0) is 37.6 Å². The van der Waals surface area contributed by atoms with Crippen molar-refractivity contribution in [3.05, 3.63) is 35.4 Å². The van der Waals surface area contributed by atoms with Crippen molar-refractivity contribution in [2.24, 2.45) is 11.1 Å². The number of nitrogens with zero attached hydrogens (tertiary/aromatic N) is 1. The number of rotatable bonds is 4. The second-order valence-corrected chi connectivity index (χ2v) is 5.39. The third kappa shape index (κ3) is 2.93. The van der Waals surface area contributed by atoms with E-state index in [4.69, 9.17) is 5.73 Å². The standard InChI is InChI=1S/C14H18N2O3/c1-14(13(18)19)5-6-16(9-14)8-10-3-2-4-11(7-10)12(15)17/h2-4,7H,5-6,8-9H2,1H3,(H2,15,17)(H,18,19). The molecule has 3 N–H and O–H groups in total. The maximum atomic E-state index is 11.2. The lowest BCUT2D eigenvalue weighted by Gasteiger charge is -2.20. The molecule has 1 atom stereocenters. The van der Waals surface area contributed by atoms with E-state index in [0.717, 1.165) is 12.1 Å². The lowest BCUT2D eigenvalue weighted by Crippen LogP contribution is -2.31. The summed E-state index contributed by atoms with van der Waals surface area (Å²) in [4.78, 5) is 24.4. The van der Waals surface area contributed by atoms with E-state index >= 15 is 0 Å². The Balaban J connectivity index is 2.05. The van der Waals surface area contributed by atoms with Crippen molar-refractivity contribution in [1.29, 1.82) is 0 Å². The number of carbonyl (C=O) groups is 2. The molecule has 1 aromatic carbocycles. The van der Waals surface area contributed by atoms with Crippen LogP contribution >= 0.6 is 0 Å². The smallest absolute Gasteiger partial charge is 0.310 e. The molecule has 0 saturated carbocycles. The van der Waals surface area contributed by atoms with E-state index in [9.17, 15) is 14.7 Å². The predicted molar refractivity (Wildman–Crippen MR) is 70.6 cm³/mol. The summed E-state index contributed by atoms with van der Waals surface area (Å²) in [6.45, 7) is 3.70. The minimum Gasteiger partial charge on any atom is -0.481 e. The van der Waals surface area contributed by atoms with Gasteiger partial charge in [0.1, 0.15) is 0 Å². The van der Waals surface area contributed by atoms with Crippen LogP contribution < -0.4 is 5.73 Å². The molecule has 1 saturated heterocycles. The predicted octanol–water partition coefficient (Wildman–Crippen LogP) is 1.08. The minimum atomic E-state index is -0.749. The number of likely N-dealkylation sites (tertiary alicyclic amines) is 1. The van der Waals surface area contributed by atoms with E-state index in [1.165, 1.54) is 0 Å². The van der Waals surface area contributed by atoms with Crippen LogP contribution in [0.1, 0.15) is 29.3 Å². The fourth-order valence-electron chi connectivity index (χ4n) is 2.45. The maximum absolute atomic E-state index is 11.2. The molecule has 1 fully saturated rings. The summed E-state index contributed by atoms with van der Waals surface area (Å²) in [6, 6.07) is 7.15. The Morgan fingerprint density at radius 2 is 2.21 bits per heavy atom. The quantitative estimate of drug-likeness (QED) is 0.850. The largest absolute Gasteiger partial charge is 0.481 e. The van der Waals surface area contributed by atoms with Crippen LogP contribution in [0.2, 0.25) is 0 Å². The van der Waals surface area contributed by atoms with E-state index in [2.05, 4.69) is 4.90 Å². The van der Waals surface area contributed by atoms with Crippen LogP contribution in [-0.4, -0.2) is 35.0 Å². The van der Waals surface area contributed by atoms with E-state index in [0.29, 0.717) is 25.1 Å². The van der Waals surface area contributed by atoms with E-state index in [1.54, 1.807) is 25.1 Å². The zero-order valence-corrected chi connectivity index (χ0v) is 10.9. The summed E-state index contributed by atoms with van der Waals surface area (Å²) in [5.74, 6) is -1.19. The Bertz CT molecular complexity index is 515. The number of hydrogen-bond donors (Lipinski definition) is 2. The number of aliphatic carboxylic acids is 1. The first-order valence-electron chi connectivity index (χ1n) is 6.25. The van der Waals surface area contributed by atoms with Gasteiger partial charge in [0.25, 0.3) is 0 Å². The molecule has 1 unspecified atom stereocenters. The Kier molecular flexibility index (Phi) is 3.57. The Morgan fingerprint density at radius 3 is 2.79 bits per heavy atom. The second-order valence-electron chi connectivity index (χ2n) is 5.39. The molecule has 0 aliphatic carbocycles. The molecule has 0 bridgehead atoms. The van der Waals surface area contributed by atoms with Gasteiger partial charge in [-0.2, -0.15) is 0 Å². The average Bonchev–Trinajstić information content (AvgIpc) is 2.72. The third-order valence-corrected chi connectivity index (χ3v) is 3.69. The third-order valence-electron chi connectivity index (χ3n) is 3.69. The van der Waals surface area contributed by atoms with Crippen LogP contribution in [0.25, 0.3) is 0 Å². The van der Waals surface area contributed by atoms with Crippen LogP contribution in [0.4, 0.5) is 0 Å². The van der Waals surface area contributed by atoms with Gasteiger partial charge in [0.2, 0.25) is 5.91 Å². The number of carboxylic acids is 1. The highest BCUT2D eigenvalue weighted by atomic mass is 16.4. The number of primary amides is 1. The number of nitrogens with two attached hydrogens (primary N) is 1. The summed E-state index contributed by atoms with van der Waals surface area (Å²) in [5.41, 5.74) is 6.04. The molecule has 102 valence electrons. The fourth-order valence-corrected chi connectivity index (χ4v) is 2.45. The topological polar surface area (TPSA) is 83.6 Å². The molecule has 5 nitrogen and oxygen atoms in total. The van der Waals surface area contributed by atoms with Gasteiger partial charge in [-0.3, -0.25) is 14.5 Å². The zero-order chi connectivity index (χ0) is 14.0. The van der Waals surface area contributed by atoms with Crippen molar-refractivity contribution >= 4 is 11.9 Å². The highest BCUT2D eigenvalue weighted by molar-refractivity contribution is 5.92. The zero-order valence-electron chi connectivity index (χ0n) is 10.9.